The third-order valence-corrected chi connectivity index (χ3v) is 3.91. The number of benzene rings is 1. The van der Waals surface area contributed by atoms with Crippen LogP contribution in [-0.4, -0.2) is 69.3 Å². The number of aromatic carboxylic acids is 1. The largest absolute Gasteiger partial charge is 0.494 e. The van der Waals surface area contributed by atoms with E-state index in [0.717, 1.165) is 12.2 Å². The summed E-state index contributed by atoms with van der Waals surface area (Å²) in [6, 6.07) is 9.60. The second-order valence-corrected chi connectivity index (χ2v) is 5.91. The van der Waals surface area contributed by atoms with Crippen molar-refractivity contribution in [3.63, 3.8) is 0 Å². The van der Waals surface area contributed by atoms with Crippen molar-refractivity contribution < 1.29 is 24.2 Å². The first-order chi connectivity index (χ1) is 12.6. The van der Waals surface area contributed by atoms with Gasteiger partial charge < -0.3 is 19.5 Å². The van der Waals surface area contributed by atoms with Gasteiger partial charge in [0.25, 0.3) is 0 Å². The van der Waals surface area contributed by atoms with Gasteiger partial charge in [0.15, 0.2) is 5.69 Å². The molecule has 1 aromatic heterocycles. The van der Waals surface area contributed by atoms with Gasteiger partial charge in [-0.25, -0.2) is 9.48 Å². The summed E-state index contributed by atoms with van der Waals surface area (Å²) in [5.74, 6) is -0.469. The Balaban J connectivity index is 1.27. The standard InChI is InChI=1S/C17H20N4O5/c22-16(12-21-11-15(17(23)24)18-19-21)20-9-14(10-20)26-8-4-7-25-13-5-2-1-3-6-13/h1-3,5-6,11,14H,4,7-10,12H2,(H,23,24). The smallest absolute Gasteiger partial charge is 0.358 e. The van der Waals surface area contributed by atoms with Gasteiger partial charge >= 0.3 is 5.97 Å². The number of carbonyl (C=O) groups is 2. The lowest BCUT2D eigenvalue weighted by Crippen LogP contribution is -2.55. The normalized spacial score (nSPS) is 14.1. The third-order valence-electron chi connectivity index (χ3n) is 3.91. The van der Waals surface area contributed by atoms with Crippen molar-refractivity contribution in [3.8, 4) is 5.75 Å². The summed E-state index contributed by atoms with van der Waals surface area (Å²) >= 11 is 0. The first-order valence-corrected chi connectivity index (χ1v) is 8.32. The Morgan fingerprint density at radius 3 is 2.65 bits per heavy atom. The molecular formula is C17H20N4O5. The van der Waals surface area contributed by atoms with Gasteiger partial charge in [0, 0.05) is 19.5 Å². The van der Waals surface area contributed by atoms with Crippen LogP contribution in [0.25, 0.3) is 0 Å². The van der Waals surface area contributed by atoms with E-state index in [2.05, 4.69) is 10.3 Å². The second kappa shape index (κ2) is 8.43. The summed E-state index contributed by atoms with van der Waals surface area (Å²) in [5, 5.41) is 15.9. The highest BCUT2D eigenvalue weighted by molar-refractivity contribution is 5.84. The average Bonchev–Trinajstić information content (AvgIpc) is 3.05. The summed E-state index contributed by atoms with van der Waals surface area (Å²) in [6.45, 7) is 2.18. The van der Waals surface area contributed by atoms with Crippen LogP contribution < -0.4 is 4.74 Å². The van der Waals surface area contributed by atoms with Gasteiger partial charge in [-0.05, 0) is 12.1 Å². The highest BCUT2D eigenvalue weighted by Crippen LogP contribution is 2.13. The molecular weight excluding hydrogens is 340 g/mol. The summed E-state index contributed by atoms with van der Waals surface area (Å²) in [6.07, 6.45) is 2.04. The van der Waals surface area contributed by atoms with E-state index in [1.807, 2.05) is 30.3 Å². The quantitative estimate of drug-likeness (QED) is 0.655. The minimum absolute atomic E-state index is 0.0287. The van der Waals surface area contributed by atoms with Gasteiger partial charge in [0.1, 0.15) is 12.3 Å². The Hall–Kier alpha value is -2.94. The molecule has 0 aliphatic carbocycles. The Bertz CT molecular complexity index is 743. The maximum Gasteiger partial charge on any atom is 0.358 e. The number of amides is 1. The van der Waals surface area contributed by atoms with Gasteiger partial charge in [-0.15, -0.1) is 5.10 Å². The van der Waals surface area contributed by atoms with Crippen molar-refractivity contribution in [2.45, 2.75) is 19.1 Å². The molecule has 1 aromatic carbocycles. The van der Waals surface area contributed by atoms with Crippen LogP contribution >= 0.6 is 0 Å². The fraction of sp³-hybridized carbons (Fsp3) is 0.412. The molecule has 0 saturated carbocycles. The van der Waals surface area contributed by atoms with Crippen molar-refractivity contribution in [2.24, 2.45) is 0 Å². The summed E-state index contributed by atoms with van der Waals surface area (Å²) in [5.41, 5.74) is -0.180. The lowest BCUT2D eigenvalue weighted by atomic mass is 10.1. The van der Waals surface area contributed by atoms with E-state index in [1.165, 1.54) is 10.9 Å². The summed E-state index contributed by atoms with van der Waals surface area (Å²) < 4.78 is 12.5. The molecule has 0 unspecified atom stereocenters. The van der Waals surface area contributed by atoms with E-state index >= 15 is 0 Å². The number of para-hydroxylation sites is 1. The maximum atomic E-state index is 12.1. The molecule has 9 nitrogen and oxygen atoms in total. The second-order valence-electron chi connectivity index (χ2n) is 5.91. The minimum atomic E-state index is -1.17. The number of nitrogens with zero attached hydrogens (tertiary/aromatic N) is 4. The molecule has 0 bridgehead atoms. The molecule has 1 fully saturated rings. The van der Waals surface area contributed by atoms with Crippen molar-refractivity contribution in [3.05, 3.63) is 42.2 Å². The summed E-state index contributed by atoms with van der Waals surface area (Å²) in [7, 11) is 0. The zero-order chi connectivity index (χ0) is 18.4. The van der Waals surface area contributed by atoms with E-state index in [-0.39, 0.29) is 24.2 Å². The molecule has 1 aliphatic heterocycles. The van der Waals surface area contributed by atoms with Gasteiger partial charge in [-0.1, -0.05) is 23.4 Å². The third kappa shape index (κ3) is 4.79. The summed E-state index contributed by atoms with van der Waals surface area (Å²) in [4.78, 5) is 24.4. The number of aromatic nitrogens is 3. The highest BCUT2D eigenvalue weighted by atomic mass is 16.5. The molecule has 1 amide bonds. The number of carboxylic acid groups (broad SMARTS) is 1. The van der Waals surface area contributed by atoms with E-state index in [4.69, 9.17) is 14.6 Å². The molecule has 1 N–H and O–H groups in total. The van der Waals surface area contributed by atoms with Crippen LogP contribution in [0, 0.1) is 0 Å². The van der Waals surface area contributed by atoms with Gasteiger partial charge in [0.2, 0.25) is 5.91 Å². The molecule has 9 heteroatoms. The monoisotopic (exact) mass is 360 g/mol. The lowest BCUT2D eigenvalue weighted by molar-refractivity contribution is -0.146. The van der Waals surface area contributed by atoms with E-state index < -0.39 is 5.97 Å². The average molecular weight is 360 g/mol. The number of hydrogen-bond donors (Lipinski definition) is 1. The Kier molecular flexibility index (Phi) is 5.80. The number of rotatable bonds is 9. The van der Waals surface area contributed by atoms with Crippen molar-refractivity contribution >= 4 is 11.9 Å². The van der Waals surface area contributed by atoms with Crippen LogP contribution in [0.5, 0.6) is 5.75 Å². The van der Waals surface area contributed by atoms with Crippen LogP contribution in [0.3, 0.4) is 0 Å². The van der Waals surface area contributed by atoms with Crippen LogP contribution in [0.2, 0.25) is 0 Å². The minimum Gasteiger partial charge on any atom is -0.494 e. The lowest BCUT2D eigenvalue weighted by Gasteiger charge is -2.38. The van der Waals surface area contributed by atoms with Crippen molar-refractivity contribution in [1.29, 1.82) is 0 Å². The molecule has 2 heterocycles. The molecule has 26 heavy (non-hydrogen) atoms. The Labute approximate surface area is 150 Å². The Morgan fingerprint density at radius 2 is 1.96 bits per heavy atom. The SMILES string of the molecule is O=C(O)c1cn(CC(=O)N2CC(OCCCOc3ccccc3)C2)nn1. The first-order valence-electron chi connectivity index (χ1n) is 8.32. The van der Waals surface area contributed by atoms with Gasteiger partial charge in [-0.3, -0.25) is 4.79 Å². The van der Waals surface area contributed by atoms with Crippen molar-refractivity contribution in [2.75, 3.05) is 26.3 Å². The van der Waals surface area contributed by atoms with Crippen LogP contribution in [0.1, 0.15) is 16.9 Å². The maximum absolute atomic E-state index is 12.1. The number of ether oxygens (including phenoxy) is 2. The Morgan fingerprint density at radius 1 is 1.19 bits per heavy atom. The first kappa shape index (κ1) is 17.9. The van der Waals surface area contributed by atoms with E-state index in [9.17, 15) is 9.59 Å². The fourth-order valence-corrected chi connectivity index (χ4v) is 2.48. The molecule has 0 atom stereocenters. The predicted molar refractivity (Wildman–Crippen MR) is 89.9 cm³/mol. The number of carboxylic acids is 1. The predicted octanol–water partition coefficient (Wildman–Crippen LogP) is 0.673. The number of likely N-dealkylation sites (tertiary alicyclic amines) is 1. The fourth-order valence-electron chi connectivity index (χ4n) is 2.48. The van der Waals surface area contributed by atoms with Crippen LogP contribution in [-0.2, 0) is 16.1 Å². The topological polar surface area (TPSA) is 107 Å². The molecule has 2 aromatic rings. The van der Waals surface area contributed by atoms with E-state index in [0.29, 0.717) is 26.3 Å². The molecule has 3 rings (SSSR count). The van der Waals surface area contributed by atoms with Gasteiger partial charge in [0.05, 0.1) is 25.5 Å². The molecule has 138 valence electrons. The highest BCUT2D eigenvalue weighted by Gasteiger charge is 2.31. The van der Waals surface area contributed by atoms with Crippen LogP contribution in [0.15, 0.2) is 36.5 Å². The zero-order valence-corrected chi connectivity index (χ0v) is 14.2. The number of hydrogen-bond acceptors (Lipinski definition) is 6. The molecule has 1 saturated heterocycles. The van der Waals surface area contributed by atoms with E-state index in [1.54, 1.807) is 4.90 Å². The van der Waals surface area contributed by atoms with Gasteiger partial charge in [-0.2, -0.15) is 0 Å². The molecule has 1 aliphatic rings. The molecule has 0 radical (unpaired) electrons. The zero-order valence-electron chi connectivity index (χ0n) is 14.2. The van der Waals surface area contributed by atoms with Crippen LogP contribution in [0.4, 0.5) is 0 Å². The van der Waals surface area contributed by atoms with Crippen molar-refractivity contribution in [1.82, 2.24) is 19.9 Å². The molecule has 0 spiro atoms. The number of carbonyl (C=O) groups excluding carboxylic acids is 1.